The zero-order valence-electron chi connectivity index (χ0n) is 13.7. The van der Waals surface area contributed by atoms with Crippen molar-refractivity contribution in [2.24, 2.45) is 11.1 Å². The predicted molar refractivity (Wildman–Crippen MR) is 88.0 cm³/mol. The summed E-state index contributed by atoms with van der Waals surface area (Å²) in [6, 6.07) is 3.60. The number of hydrazine groups is 1. The summed E-state index contributed by atoms with van der Waals surface area (Å²) in [4.78, 5) is 11.8. The van der Waals surface area contributed by atoms with Crippen molar-refractivity contribution in [1.29, 1.82) is 0 Å². The fraction of sp³-hybridized carbons (Fsp3) is 0.533. The second-order valence-corrected chi connectivity index (χ2v) is 7.68. The third-order valence-electron chi connectivity index (χ3n) is 4.33. The molecule has 24 heavy (non-hydrogen) atoms. The minimum absolute atomic E-state index is 0.292. The van der Waals surface area contributed by atoms with Crippen molar-refractivity contribution in [1.82, 2.24) is 16.2 Å². The lowest BCUT2D eigenvalue weighted by atomic mass is 9.92. The first-order chi connectivity index (χ1) is 11.2. The Labute approximate surface area is 141 Å². The van der Waals surface area contributed by atoms with Crippen LogP contribution in [0.5, 0.6) is 0 Å². The van der Waals surface area contributed by atoms with Gasteiger partial charge in [-0.15, -0.1) is 0 Å². The number of halogens is 1. The number of rotatable bonds is 6. The summed E-state index contributed by atoms with van der Waals surface area (Å²) < 4.78 is 36.4. The summed E-state index contributed by atoms with van der Waals surface area (Å²) >= 11 is 0. The second-order valence-electron chi connectivity index (χ2n) is 6.11. The first-order valence-electron chi connectivity index (χ1n) is 7.81. The molecule has 0 radical (unpaired) electrons. The molecule has 1 aliphatic heterocycles. The van der Waals surface area contributed by atoms with E-state index < -0.39 is 21.7 Å². The Bertz CT molecular complexity index is 701. The maximum Gasteiger partial charge on any atom is 0.254 e. The number of sulfonamides is 1. The van der Waals surface area contributed by atoms with E-state index in [0.29, 0.717) is 24.5 Å². The molecule has 5 N–H and O–H groups in total. The summed E-state index contributed by atoms with van der Waals surface area (Å²) in [5.41, 5.74) is 6.01. The molecule has 0 bridgehead atoms. The summed E-state index contributed by atoms with van der Waals surface area (Å²) in [5, 5.41) is 7.62. The number of benzene rings is 1. The molecule has 0 aromatic heterocycles. The van der Waals surface area contributed by atoms with Crippen LogP contribution in [0.4, 0.5) is 4.39 Å². The van der Waals surface area contributed by atoms with Crippen LogP contribution in [0.3, 0.4) is 0 Å². The minimum atomic E-state index is -3.98. The molecule has 1 amide bonds. The largest absolute Gasteiger partial charge is 0.352 e. The highest BCUT2D eigenvalue weighted by Gasteiger charge is 2.28. The van der Waals surface area contributed by atoms with Crippen molar-refractivity contribution < 1.29 is 17.6 Å². The highest BCUT2D eigenvalue weighted by Crippen LogP contribution is 2.19. The van der Waals surface area contributed by atoms with Crippen molar-refractivity contribution in [2.45, 2.75) is 43.7 Å². The fourth-order valence-corrected chi connectivity index (χ4v) is 3.44. The van der Waals surface area contributed by atoms with E-state index in [1.807, 2.05) is 0 Å². The average Bonchev–Trinajstić information content (AvgIpc) is 2.82. The highest BCUT2D eigenvalue weighted by molar-refractivity contribution is 7.89. The maximum atomic E-state index is 13.8. The summed E-state index contributed by atoms with van der Waals surface area (Å²) in [7, 11) is -3.98. The number of nitrogens with one attached hydrogen (secondary N) is 3. The van der Waals surface area contributed by atoms with Crippen LogP contribution in [0.2, 0.25) is 0 Å². The number of hydrogen-bond acceptors (Lipinski definition) is 5. The van der Waals surface area contributed by atoms with Crippen LogP contribution < -0.4 is 21.3 Å². The van der Waals surface area contributed by atoms with E-state index in [9.17, 15) is 17.6 Å². The molecule has 1 fully saturated rings. The van der Waals surface area contributed by atoms with Crippen molar-refractivity contribution in [3.05, 3.63) is 29.6 Å². The van der Waals surface area contributed by atoms with Gasteiger partial charge >= 0.3 is 0 Å². The predicted octanol–water partition coefficient (Wildman–Crippen LogP) is 0.484. The van der Waals surface area contributed by atoms with Gasteiger partial charge < -0.3 is 5.32 Å². The lowest BCUT2D eigenvalue weighted by Gasteiger charge is -2.17. The monoisotopic (exact) mass is 358 g/mol. The van der Waals surface area contributed by atoms with Crippen molar-refractivity contribution in [3.8, 4) is 0 Å². The van der Waals surface area contributed by atoms with Crippen LogP contribution in [0.25, 0.3) is 0 Å². The van der Waals surface area contributed by atoms with E-state index in [-0.39, 0.29) is 10.5 Å². The quantitative estimate of drug-likeness (QED) is 0.553. The Morgan fingerprint density at radius 1 is 1.29 bits per heavy atom. The van der Waals surface area contributed by atoms with Gasteiger partial charge in [-0.2, -0.15) is 0 Å². The van der Waals surface area contributed by atoms with Crippen molar-refractivity contribution in [3.63, 3.8) is 0 Å². The lowest BCUT2D eigenvalue weighted by molar-refractivity contribution is 0.0948. The Morgan fingerprint density at radius 3 is 2.50 bits per heavy atom. The number of primary sulfonamides is 1. The van der Waals surface area contributed by atoms with Crippen LogP contribution in [0, 0.1) is 11.7 Å². The first kappa shape index (κ1) is 18.8. The van der Waals surface area contributed by atoms with Gasteiger partial charge in [-0.3, -0.25) is 15.6 Å². The normalized spacial score (nSPS) is 24.1. The number of hydrogen-bond donors (Lipinski definition) is 4. The SMILES string of the molecule is CC1NNC(C)C1CCCNC(=O)c1cc(S(N)(=O)=O)ccc1F. The lowest BCUT2D eigenvalue weighted by Crippen LogP contribution is -2.30. The third-order valence-corrected chi connectivity index (χ3v) is 5.24. The molecule has 1 heterocycles. The highest BCUT2D eigenvalue weighted by atomic mass is 32.2. The van der Waals surface area contributed by atoms with E-state index in [1.165, 1.54) is 0 Å². The molecule has 1 aromatic rings. The number of carbonyl (C=O) groups excluding carboxylic acids is 1. The number of carbonyl (C=O) groups is 1. The van der Waals surface area contributed by atoms with Gasteiger partial charge in [-0.05, 0) is 50.8 Å². The molecule has 0 spiro atoms. The molecule has 2 unspecified atom stereocenters. The zero-order valence-corrected chi connectivity index (χ0v) is 14.5. The zero-order chi connectivity index (χ0) is 17.9. The van der Waals surface area contributed by atoms with E-state index >= 15 is 0 Å². The molecule has 2 atom stereocenters. The van der Waals surface area contributed by atoms with E-state index in [4.69, 9.17) is 5.14 Å². The van der Waals surface area contributed by atoms with E-state index in [2.05, 4.69) is 30.0 Å². The Balaban J connectivity index is 1.91. The van der Waals surface area contributed by atoms with Gasteiger partial charge in [0.15, 0.2) is 0 Å². The van der Waals surface area contributed by atoms with E-state index in [1.54, 1.807) is 0 Å². The van der Waals surface area contributed by atoms with Gasteiger partial charge in [-0.25, -0.2) is 17.9 Å². The summed E-state index contributed by atoms with van der Waals surface area (Å²) in [5.74, 6) is -0.988. The molecule has 2 rings (SSSR count). The van der Waals surface area contributed by atoms with Gasteiger partial charge in [0.25, 0.3) is 5.91 Å². The van der Waals surface area contributed by atoms with Crippen molar-refractivity contribution >= 4 is 15.9 Å². The summed E-state index contributed by atoms with van der Waals surface area (Å²) in [6.07, 6.45) is 1.65. The van der Waals surface area contributed by atoms with E-state index in [0.717, 1.165) is 31.0 Å². The third kappa shape index (κ3) is 4.50. The van der Waals surface area contributed by atoms with Gasteiger partial charge in [0.2, 0.25) is 10.0 Å². The van der Waals surface area contributed by atoms with Crippen LogP contribution in [0.15, 0.2) is 23.1 Å². The molecule has 1 aromatic carbocycles. The standard InChI is InChI=1S/C15H23FN4O3S/c1-9-12(10(2)20-19-9)4-3-7-18-15(21)13-8-11(24(17,22)23)5-6-14(13)16/h5-6,8-10,12,19-20H,3-4,7H2,1-2H3,(H,18,21)(H2,17,22,23). The second kappa shape index (κ2) is 7.56. The molecular formula is C15H23FN4O3S. The molecule has 0 aliphatic carbocycles. The van der Waals surface area contributed by atoms with Crippen LogP contribution in [-0.2, 0) is 10.0 Å². The van der Waals surface area contributed by atoms with Crippen LogP contribution in [-0.4, -0.2) is 33.0 Å². The maximum absolute atomic E-state index is 13.8. The van der Waals surface area contributed by atoms with Crippen LogP contribution >= 0.6 is 0 Å². The molecule has 7 nitrogen and oxygen atoms in total. The molecule has 0 saturated carbocycles. The van der Waals surface area contributed by atoms with Gasteiger partial charge in [-0.1, -0.05) is 0 Å². The fourth-order valence-electron chi connectivity index (χ4n) is 2.90. The molecule has 1 aliphatic rings. The van der Waals surface area contributed by atoms with Crippen LogP contribution in [0.1, 0.15) is 37.0 Å². The van der Waals surface area contributed by atoms with Crippen molar-refractivity contribution in [2.75, 3.05) is 6.54 Å². The Kier molecular flexibility index (Phi) is 5.92. The van der Waals surface area contributed by atoms with Gasteiger partial charge in [0.05, 0.1) is 10.5 Å². The smallest absolute Gasteiger partial charge is 0.254 e. The summed E-state index contributed by atoms with van der Waals surface area (Å²) in [6.45, 7) is 4.57. The number of nitrogens with two attached hydrogens (primary N) is 1. The number of amides is 1. The average molecular weight is 358 g/mol. The molecule has 1 saturated heterocycles. The minimum Gasteiger partial charge on any atom is -0.352 e. The molecular weight excluding hydrogens is 335 g/mol. The molecule has 134 valence electrons. The molecule has 9 heteroatoms. The van der Waals surface area contributed by atoms with Gasteiger partial charge in [0.1, 0.15) is 5.82 Å². The Hall–Kier alpha value is -1.55. The Morgan fingerprint density at radius 2 is 1.92 bits per heavy atom. The van der Waals surface area contributed by atoms with Gasteiger partial charge in [0, 0.05) is 18.6 Å². The first-order valence-corrected chi connectivity index (χ1v) is 9.36. The topological polar surface area (TPSA) is 113 Å².